The molecule has 0 fully saturated rings. The van der Waals surface area contributed by atoms with Gasteiger partial charge in [-0.25, -0.2) is 4.57 Å². The molecule has 0 amide bonds. The fraction of sp³-hybridized carbons (Fsp3) is 0.208. The Labute approximate surface area is 177 Å². The molecule has 5 heteroatoms. The number of halogens is 1. The van der Waals surface area contributed by atoms with Crippen LogP contribution < -0.4 is 26.3 Å². The van der Waals surface area contributed by atoms with Crippen LogP contribution in [0.3, 0.4) is 0 Å². The van der Waals surface area contributed by atoms with Crippen molar-refractivity contribution in [2.24, 2.45) is 0 Å². The predicted molar refractivity (Wildman–Crippen MR) is 110 cm³/mol. The predicted octanol–water partition coefficient (Wildman–Crippen LogP) is 1.48. The van der Waals surface area contributed by atoms with Gasteiger partial charge in [-0.15, -0.1) is 0 Å². The van der Waals surface area contributed by atoms with Gasteiger partial charge in [0.2, 0.25) is 5.75 Å². The molecular weight excluding hydrogens is 384 g/mol. The second kappa shape index (κ2) is 9.01. The molecule has 150 valence electrons. The molecule has 4 rings (SSSR count). The second-order valence-electron chi connectivity index (χ2n) is 6.95. The third-order valence-corrected chi connectivity index (χ3v) is 5.19. The van der Waals surface area contributed by atoms with E-state index in [-0.39, 0.29) is 12.4 Å². The molecule has 2 aromatic heterocycles. The van der Waals surface area contributed by atoms with Gasteiger partial charge in [0.1, 0.15) is 30.3 Å². The summed E-state index contributed by atoms with van der Waals surface area (Å²) in [5.74, 6) is 1.75. The number of imidazole rings is 1. The molecule has 0 aliphatic rings. The number of pyridine rings is 1. The fourth-order valence-corrected chi connectivity index (χ4v) is 3.54. The van der Waals surface area contributed by atoms with Gasteiger partial charge in [0.05, 0.1) is 13.3 Å². The van der Waals surface area contributed by atoms with Crippen molar-refractivity contribution < 1.29 is 26.3 Å². The Kier molecular flexibility index (Phi) is 6.45. The van der Waals surface area contributed by atoms with Crippen molar-refractivity contribution in [3.05, 3.63) is 95.4 Å². The van der Waals surface area contributed by atoms with Gasteiger partial charge in [-0.05, 0) is 35.4 Å². The normalized spacial score (nSPS) is 10.6. The number of hydrogen-bond donors (Lipinski definition) is 0. The van der Waals surface area contributed by atoms with E-state index in [0.717, 1.165) is 29.3 Å². The van der Waals surface area contributed by atoms with Crippen LogP contribution in [0.4, 0.5) is 0 Å². The molecular formula is C24H25ClN2O2. The molecule has 0 aliphatic heterocycles. The largest absolute Gasteiger partial charge is 1.00 e. The highest BCUT2D eigenvalue weighted by atomic mass is 35.5. The first-order valence-corrected chi connectivity index (χ1v) is 9.47. The lowest BCUT2D eigenvalue weighted by molar-refractivity contribution is -0.519. The lowest BCUT2D eigenvalue weighted by atomic mass is 10.2. The zero-order valence-electron chi connectivity index (χ0n) is 16.9. The van der Waals surface area contributed by atoms with Crippen LogP contribution in [0.5, 0.6) is 11.5 Å². The number of methoxy groups -OCH3 is 1. The number of nitrogens with zero attached hydrogens (tertiary/aromatic N) is 2. The Hall–Kier alpha value is -2.98. The average Bonchev–Trinajstić information content (AvgIpc) is 2.98. The molecule has 0 bridgehead atoms. The summed E-state index contributed by atoms with van der Waals surface area (Å²) in [6, 6.07) is 22.5. The van der Waals surface area contributed by atoms with Crippen molar-refractivity contribution >= 4 is 5.65 Å². The number of benzene rings is 2. The molecule has 0 N–H and O–H groups in total. The van der Waals surface area contributed by atoms with Crippen molar-refractivity contribution in [3.63, 3.8) is 0 Å². The van der Waals surface area contributed by atoms with Crippen molar-refractivity contribution in [2.75, 3.05) is 7.11 Å². The van der Waals surface area contributed by atoms with Crippen molar-refractivity contribution in [1.82, 2.24) is 4.57 Å². The van der Waals surface area contributed by atoms with E-state index in [1.54, 1.807) is 7.11 Å². The monoisotopic (exact) mass is 408 g/mol. The SMILES string of the molecule is COc1cccc(Cn2c(C)c(C)[n+]3cccc(OCc4ccccc4)c23)c1.[Cl-]. The van der Waals surface area contributed by atoms with Gasteiger partial charge in [0.25, 0.3) is 0 Å². The minimum absolute atomic E-state index is 0. The lowest BCUT2D eigenvalue weighted by Gasteiger charge is -2.08. The summed E-state index contributed by atoms with van der Waals surface area (Å²) in [6.45, 7) is 5.60. The van der Waals surface area contributed by atoms with E-state index < -0.39 is 0 Å². The van der Waals surface area contributed by atoms with Gasteiger partial charge in [-0.2, -0.15) is 4.40 Å². The quantitative estimate of drug-likeness (QED) is 0.452. The van der Waals surface area contributed by atoms with Crippen LogP contribution >= 0.6 is 0 Å². The van der Waals surface area contributed by atoms with E-state index in [4.69, 9.17) is 9.47 Å². The second-order valence-corrected chi connectivity index (χ2v) is 6.95. The van der Waals surface area contributed by atoms with Crippen molar-refractivity contribution in [3.8, 4) is 11.5 Å². The summed E-state index contributed by atoms with van der Waals surface area (Å²) in [5.41, 5.74) is 5.85. The van der Waals surface area contributed by atoms with Gasteiger partial charge in [0.15, 0.2) is 0 Å². The maximum atomic E-state index is 6.23. The number of ether oxygens (including phenoxy) is 2. The van der Waals surface area contributed by atoms with E-state index in [9.17, 15) is 0 Å². The summed E-state index contributed by atoms with van der Waals surface area (Å²) < 4.78 is 16.1. The average molecular weight is 409 g/mol. The maximum absolute atomic E-state index is 6.23. The van der Waals surface area contributed by atoms with Crippen LogP contribution in [0, 0.1) is 13.8 Å². The van der Waals surface area contributed by atoms with Gasteiger partial charge >= 0.3 is 5.65 Å². The molecule has 2 heterocycles. The van der Waals surface area contributed by atoms with Crippen LogP contribution in [0.2, 0.25) is 0 Å². The van der Waals surface area contributed by atoms with E-state index in [0.29, 0.717) is 6.61 Å². The molecule has 0 radical (unpaired) electrons. The van der Waals surface area contributed by atoms with Gasteiger partial charge in [0, 0.05) is 13.8 Å². The Bertz CT molecular complexity index is 1110. The third-order valence-electron chi connectivity index (χ3n) is 5.19. The fourth-order valence-electron chi connectivity index (χ4n) is 3.54. The Morgan fingerprint density at radius 1 is 0.897 bits per heavy atom. The summed E-state index contributed by atoms with van der Waals surface area (Å²) in [5, 5.41) is 0. The van der Waals surface area contributed by atoms with Gasteiger partial charge < -0.3 is 21.9 Å². The molecule has 0 saturated heterocycles. The Morgan fingerprint density at radius 2 is 1.66 bits per heavy atom. The first-order chi connectivity index (χ1) is 13.7. The maximum Gasteiger partial charge on any atom is 0.329 e. The summed E-state index contributed by atoms with van der Waals surface area (Å²) in [7, 11) is 1.70. The third kappa shape index (κ3) is 4.22. The first-order valence-electron chi connectivity index (χ1n) is 9.47. The van der Waals surface area contributed by atoms with Crippen molar-refractivity contribution in [1.29, 1.82) is 0 Å². The molecule has 29 heavy (non-hydrogen) atoms. The molecule has 2 aromatic carbocycles. The number of aromatic nitrogens is 2. The van der Waals surface area contributed by atoms with Crippen LogP contribution in [0.1, 0.15) is 22.5 Å². The highest BCUT2D eigenvalue weighted by Crippen LogP contribution is 2.23. The highest BCUT2D eigenvalue weighted by Gasteiger charge is 2.24. The van der Waals surface area contributed by atoms with Crippen LogP contribution in [0.15, 0.2) is 72.9 Å². The van der Waals surface area contributed by atoms with Gasteiger partial charge in [-0.3, -0.25) is 0 Å². The molecule has 0 unspecified atom stereocenters. The highest BCUT2D eigenvalue weighted by molar-refractivity contribution is 5.51. The van der Waals surface area contributed by atoms with E-state index in [1.807, 2.05) is 42.5 Å². The van der Waals surface area contributed by atoms with Crippen LogP contribution in [0.25, 0.3) is 5.65 Å². The van der Waals surface area contributed by atoms with Crippen LogP contribution in [-0.4, -0.2) is 11.7 Å². The molecule has 4 aromatic rings. The van der Waals surface area contributed by atoms with E-state index >= 15 is 0 Å². The standard InChI is InChI=1S/C24H25N2O2.ClH/c1-18-19(2)26(16-21-11-7-12-22(15-21)27-3)24-23(13-8-14-25(18)24)28-17-20-9-5-4-6-10-20;/h4-15H,16-17H2,1-3H3;1H/q+1;/p-1. The van der Waals surface area contributed by atoms with Crippen molar-refractivity contribution in [2.45, 2.75) is 27.0 Å². The van der Waals surface area contributed by atoms with Crippen LogP contribution in [-0.2, 0) is 13.2 Å². The minimum Gasteiger partial charge on any atom is -1.00 e. The lowest BCUT2D eigenvalue weighted by Crippen LogP contribution is -3.00. The number of aryl methyl sites for hydroxylation is 1. The topological polar surface area (TPSA) is 27.5 Å². The number of hydrogen-bond acceptors (Lipinski definition) is 2. The molecule has 0 aliphatic carbocycles. The Balaban J connectivity index is 0.00000240. The summed E-state index contributed by atoms with van der Waals surface area (Å²) in [6.07, 6.45) is 2.09. The zero-order valence-corrected chi connectivity index (χ0v) is 17.7. The smallest absolute Gasteiger partial charge is 0.329 e. The molecule has 0 atom stereocenters. The number of fused-ring (bicyclic) bond motifs is 1. The summed E-state index contributed by atoms with van der Waals surface area (Å²) >= 11 is 0. The molecule has 4 nitrogen and oxygen atoms in total. The minimum atomic E-state index is 0. The molecule has 0 saturated carbocycles. The Morgan fingerprint density at radius 3 is 2.41 bits per heavy atom. The van der Waals surface area contributed by atoms with E-state index in [1.165, 1.54) is 17.0 Å². The number of rotatable bonds is 6. The van der Waals surface area contributed by atoms with E-state index in [2.05, 4.69) is 53.3 Å². The molecule has 0 spiro atoms. The summed E-state index contributed by atoms with van der Waals surface area (Å²) in [4.78, 5) is 0. The van der Waals surface area contributed by atoms with Gasteiger partial charge in [-0.1, -0.05) is 42.5 Å². The zero-order chi connectivity index (χ0) is 19.5. The first kappa shape index (κ1) is 20.7.